The lowest BCUT2D eigenvalue weighted by Gasteiger charge is -2.15. The predicted molar refractivity (Wildman–Crippen MR) is 84.1 cm³/mol. The van der Waals surface area contributed by atoms with E-state index in [2.05, 4.69) is 62.4 Å². The van der Waals surface area contributed by atoms with Crippen molar-refractivity contribution in [2.45, 2.75) is 46.2 Å². The second kappa shape index (κ2) is 6.71. The van der Waals surface area contributed by atoms with E-state index in [-0.39, 0.29) is 0 Å². The predicted octanol–water partition coefficient (Wildman–Crippen LogP) is 3.34. The molecule has 108 valence electrons. The van der Waals surface area contributed by atoms with Crippen molar-refractivity contribution in [1.82, 2.24) is 15.1 Å². The molecule has 3 heteroatoms. The molecule has 0 saturated carbocycles. The van der Waals surface area contributed by atoms with Crippen LogP contribution in [0.5, 0.6) is 0 Å². The van der Waals surface area contributed by atoms with E-state index in [0.717, 1.165) is 13.1 Å². The van der Waals surface area contributed by atoms with Crippen LogP contribution in [-0.2, 0) is 6.54 Å². The zero-order valence-corrected chi connectivity index (χ0v) is 12.9. The molecule has 1 aromatic heterocycles. The molecule has 1 aromatic carbocycles. The summed E-state index contributed by atoms with van der Waals surface area (Å²) < 4.78 is 2.03. The topological polar surface area (TPSA) is 29.9 Å². The number of rotatable bonds is 6. The highest BCUT2D eigenvalue weighted by atomic mass is 15.3. The SMILES string of the molecule is Cc1ccnn1Cc1ccc(C(C)CNC(C)C)cc1. The van der Waals surface area contributed by atoms with Gasteiger partial charge in [-0.05, 0) is 30.0 Å². The van der Waals surface area contributed by atoms with Crippen molar-refractivity contribution in [3.63, 3.8) is 0 Å². The average Bonchev–Trinajstić information content (AvgIpc) is 2.82. The van der Waals surface area contributed by atoms with Crippen LogP contribution in [0.25, 0.3) is 0 Å². The largest absolute Gasteiger partial charge is 0.314 e. The van der Waals surface area contributed by atoms with Gasteiger partial charge in [-0.3, -0.25) is 4.68 Å². The molecule has 0 bridgehead atoms. The fourth-order valence-corrected chi connectivity index (χ4v) is 2.22. The molecule has 1 heterocycles. The summed E-state index contributed by atoms with van der Waals surface area (Å²) in [4.78, 5) is 0. The summed E-state index contributed by atoms with van der Waals surface area (Å²) in [5, 5.41) is 7.81. The first-order chi connectivity index (χ1) is 9.56. The molecule has 0 spiro atoms. The first kappa shape index (κ1) is 14.8. The van der Waals surface area contributed by atoms with Gasteiger partial charge in [0.2, 0.25) is 0 Å². The maximum atomic E-state index is 4.32. The maximum absolute atomic E-state index is 4.32. The van der Waals surface area contributed by atoms with Crippen molar-refractivity contribution in [3.8, 4) is 0 Å². The van der Waals surface area contributed by atoms with Gasteiger partial charge in [0.15, 0.2) is 0 Å². The molecule has 0 amide bonds. The van der Waals surface area contributed by atoms with Gasteiger partial charge in [0.1, 0.15) is 0 Å². The Morgan fingerprint density at radius 1 is 1.10 bits per heavy atom. The van der Waals surface area contributed by atoms with E-state index >= 15 is 0 Å². The van der Waals surface area contributed by atoms with Crippen molar-refractivity contribution < 1.29 is 0 Å². The molecule has 0 radical (unpaired) electrons. The summed E-state index contributed by atoms with van der Waals surface area (Å²) in [6.07, 6.45) is 1.85. The van der Waals surface area contributed by atoms with Crippen molar-refractivity contribution in [2.24, 2.45) is 0 Å². The highest BCUT2D eigenvalue weighted by Gasteiger charge is 2.06. The first-order valence-corrected chi connectivity index (χ1v) is 7.37. The summed E-state index contributed by atoms with van der Waals surface area (Å²) in [5.74, 6) is 0.540. The molecular formula is C17H25N3. The quantitative estimate of drug-likeness (QED) is 0.873. The Morgan fingerprint density at radius 2 is 1.80 bits per heavy atom. The smallest absolute Gasteiger partial charge is 0.0662 e. The highest BCUT2D eigenvalue weighted by Crippen LogP contribution is 2.16. The van der Waals surface area contributed by atoms with Crippen molar-refractivity contribution in [1.29, 1.82) is 0 Å². The second-order valence-corrected chi connectivity index (χ2v) is 5.84. The van der Waals surface area contributed by atoms with Crippen LogP contribution in [0.1, 0.15) is 43.5 Å². The zero-order chi connectivity index (χ0) is 14.5. The lowest BCUT2D eigenvalue weighted by atomic mass is 9.99. The van der Waals surface area contributed by atoms with Gasteiger partial charge in [-0.1, -0.05) is 45.0 Å². The zero-order valence-electron chi connectivity index (χ0n) is 12.9. The Morgan fingerprint density at radius 3 is 2.35 bits per heavy atom. The van der Waals surface area contributed by atoms with Gasteiger partial charge in [0.25, 0.3) is 0 Å². The van der Waals surface area contributed by atoms with E-state index < -0.39 is 0 Å². The lowest BCUT2D eigenvalue weighted by molar-refractivity contribution is 0.548. The van der Waals surface area contributed by atoms with E-state index in [1.54, 1.807) is 0 Å². The van der Waals surface area contributed by atoms with Gasteiger partial charge in [-0.2, -0.15) is 5.10 Å². The molecule has 0 fully saturated rings. The van der Waals surface area contributed by atoms with Crippen LogP contribution < -0.4 is 5.32 Å². The van der Waals surface area contributed by atoms with Gasteiger partial charge < -0.3 is 5.32 Å². The Labute approximate surface area is 122 Å². The second-order valence-electron chi connectivity index (χ2n) is 5.84. The Balaban J connectivity index is 1.97. The van der Waals surface area contributed by atoms with Crippen LogP contribution >= 0.6 is 0 Å². The summed E-state index contributed by atoms with van der Waals surface area (Å²) >= 11 is 0. The van der Waals surface area contributed by atoms with E-state index in [4.69, 9.17) is 0 Å². The molecule has 1 atom stereocenters. The molecule has 3 nitrogen and oxygen atoms in total. The summed E-state index contributed by atoms with van der Waals surface area (Å²) in [7, 11) is 0. The summed E-state index contributed by atoms with van der Waals surface area (Å²) in [6, 6.07) is 11.5. The van der Waals surface area contributed by atoms with Crippen molar-refractivity contribution in [3.05, 3.63) is 53.3 Å². The monoisotopic (exact) mass is 271 g/mol. The van der Waals surface area contributed by atoms with Crippen LogP contribution in [0, 0.1) is 6.92 Å². The van der Waals surface area contributed by atoms with Crippen LogP contribution in [0.2, 0.25) is 0 Å². The number of aromatic nitrogens is 2. The summed E-state index contributed by atoms with van der Waals surface area (Å²) in [6.45, 7) is 10.6. The molecular weight excluding hydrogens is 246 g/mol. The average molecular weight is 271 g/mol. The number of hydrogen-bond donors (Lipinski definition) is 1. The van der Waals surface area contributed by atoms with E-state index in [1.165, 1.54) is 16.8 Å². The molecule has 0 aliphatic heterocycles. The number of hydrogen-bond acceptors (Lipinski definition) is 2. The maximum Gasteiger partial charge on any atom is 0.0662 e. The van der Waals surface area contributed by atoms with E-state index in [1.807, 2.05) is 16.9 Å². The highest BCUT2D eigenvalue weighted by molar-refractivity contribution is 5.25. The van der Waals surface area contributed by atoms with Gasteiger partial charge >= 0.3 is 0 Å². The van der Waals surface area contributed by atoms with Gasteiger partial charge in [-0.25, -0.2) is 0 Å². The van der Waals surface area contributed by atoms with Gasteiger partial charge in [0, 0.05) is 24.5 Å². The van der Waals surface area contributed by atoms with Gasteiger partial charge in [0.05, 0.1) is 6.54 Å². The third kappa shape index (κ3) is 3.94. The molecule has 0 saturated heterocycles. The van der Waals surface area contributed by atoms with Crippen LogP contribution in [0.15, 0.2) is 36.5 Å². The fourth-order valence-electron chi connectivity index (χ4n) is 2.22. The van der Waals surface area contributed by atoms with Crippen LogP contribution in [-0.4, -0.2) is 22.4 Å². The standard InChI is InChI=1S/C17H25N3/c1-13(2)18-11-14(3)17-7-5-16(6-8-17)12-20-15(4)9-10-19-20/h5-10,13-14,18H,11-12H2,1-4H3. The number of aryl methyl sites for hydroxylation is 1. The van der Waals surface area contributed by atoms with E-state index in [9.17, 15) is 0 Å². The molecule has 0 aliphatic carbocycles. The molecule has 20 heavy (non-hydrogen) atoms. The molecule has 2 aromatic rings. The lowest BCUT2D eigenvalue weighted by Crippen LogP contribution is -2.26. The molecule has 1 unspecified atom stereocenters. The van der Waals surface area contributed by atoms with Gasteiger partial charge in [-0.15, -0.1) is 0 Å². The Bertz CT molecular complexity index is 525. The first-order valence-electron chi connectivity index (χ1n) is 7.37. The number of benzene rings is 1. The molecule has 2 rings (SSSR count). The van der Waals surface area contributed by atoms with Crippen LogP contribution in [0.3, 0.4) is 0 Å². The third-order valence-electron chi connectivity index (χ3n) is 3.64. The molecule has 1 N–H and O–H groups in total. The minimum Gasteiger partial charge on any atom is -0.314 e. The minimum atomic E-state index is 0.540. The number of nitrogens with zero attached hydrogens (tertiary/aromatic N) is 2. The van der Waals surface area contributed by atoms with E-state index in [0.29, 0.717) is 12.0 Å². The molecule has 0 aliphatic rings. The minimum absolute atomic E-state index is 0.540. The third-order valence-corrected chi connectivity index (χ3v) is 3.64. The Hall–Kier alpha value is -1.61. The summed E-state index contributed by atoms with van der Waals surface area (Å²) in [5.41, 5.74) is 3.88. The Kier molecular flexibility index (Phi) is 4.96. The fraction of sp³-hybridized carbons (Fsp3) is 0.471. The number of nitrogens with one attached hydrogen (secondary N) is 1. The van der Waals surface area contributed by atoms with Crippen molar-refractivity contribution >= 4 is 0 Å². The van der Waals surface area contributed by atoms with Crippen molar-refractivity contribution in [2.75, 3.05) is 6.54 Å². The van der Waals surface area contributed by atoms with Crippen LogP contribution in [0.4, 0.5) is 0 Å². The normalized spacial score (nSPS) is 12.8.